The summed E-state index contributed by atoms with van der Waals surface area (Å²) < 4.78 is 0. The maximum Gasteiger partial charge on any atom is -0.0146 e. The van der Waals surface area contributed by atoms with Gasteiger partial charge in [-0.3, -0.25) is 0 Å². The molecular formula is C27H24. The predicted octanol–water partition coefficient (Wildman–Crippen LogP) is 7.61. The molecule has 0 fully saturated rings. The van der Waals surface area contributed by atoms with E-state index >= 15 is 0 Å². The minimum atomic E-state index is 1.25. The highest BCUT2D eigenvalue weighted by atomic mass is 14.1. The van der Waals surface area contributed by atoms with Crippen LogP contribution in [0.15, 0.2) is 91.0 Å². The number of benzene rings is 4. The molecule has 0 radical (unpaired) electrons. The van der Waals surface area contributed by atoms with Crippen molar-refractivity contribution in [1.82, 2.24) is 0 Å². The highest BCUT2D eigenvalue weighted by Crippen LogP contribution is 2.33. The van der Waals surface area contributed by atoms with Crippen LogP contribution in [0.4, 0.5) is 0 Å². The summed E-state index contributed by atoms with van der Waals surface area (Å²) in [5.74, 6) is 0. The molecule has 27 heavy (non-hydrogen) atoms. The molecule has 0 N–H and O–H groups in total. The van der Waals surface area contributed by atoms with Crippen LogP contribution in [-0.2, 0) is 0 Å². The summed E-state index contributed by atoms with van der Waals surface area (Å²) >= 11 is 0. The Morgan fingerprint density at radius 3 is 1.70 bits per heavy atom. The minimum Gasteiger partial charge on any atom is -0.0622 e. The summed E-state index contributed by atoms with van der Waals surface area (Å²) in [5, 5.41) is 0. The summed E-state index contributed by atoms with van der Waals surface area (Å²) in [6.07, 6.45) is 0. The molecule has 4 aromatic rings. The number of hydrogen-bond acceptors (Lipinski definition) is 0. The van der Waals surface area contributed by atoms with Crippen LogP contribution >= 0.6 is 0 Å². The topological polar surface area (TPSA) is 0 Å². The Hall–Kier alpha value is -3.12. The van der Waals surface area contributed by atoms with Crippen LogP contribution in [0, 0.1) is 20.8 Å². The second-order valence-corrected chi connectivity index (χ2v) is 7.22. The molecule has 0 atom stereocenters. The summed E-state index contributed by atoms with van der Waals surface area (Å²) in [4.78, 5) is 0. The van der Waals surface area contributed by atoms with E-state index in [0.29, 0.717) is 0 Å². The molecular weight excluding hydrogens is 324 g/mol. The second-order valence-electron chi connectivity index (χ2n) is 7.22. The fraction of sp³-hybridized carbons (Fsp3) is 0.111. The Balaban J connectivity index is 1.74. The summed E-state index contributed by atoms with van der Waals surface area (Å²) in [5.41, 5.74) is 11.7. The normalized spacial score (nSPS) is 10.8. The molecule has 0 bridgehead atoms. The Labute approximate surface area is 162 Å². The molecule has 0 nitrogen and oxygen atoms in total. The molecule has 0 aliphatic rings. The molecule has 0 aliphatic carbocycles. The molecule has 0 spiro atoms. The lowest BCUT2D eigenvalue weighted by molar-refractivity contribution is 1.33. The smallest absolute Gasteiger partial charge is 0.0146 e. The van der Waals surface area contributed by atoms with Crippen molar-refractivity contribution >= 4 is 0 Å². The van der Waals surface area contributed by atoms with E-state index in [-0.39, 0.29) is 0 Å². The van der Waals surface area contributed by atoms with Crippen molar-refractivity contribution in [3.05, 3.63) is 108 Å². The van der Waals surface area contributed by atoms with Gasteiger partial charge in [-0.2, -0.15) is 0 Å². The lowest BCUT2D eigenvalue weighted by atomic mass is 9.91. The van der Waals surface area contributed by atoms with E-state index in [1.165, 1.54) is 50.1 Å². The molecule has 0 amide bonds. The monoisotopic (exact) mass is 348 g/mol. The minimum absolute atomic E-state index is 1.25. The van der Waals surface area contributed by atoms with E-state index in [4.69, 9.17) is 0 Å². The van der Waals surface area contributed by atoms with E-state index < -0.39 is 0 Å². The van der Waals surface area contributed by atoms with E-state index in [1.807, 2.05) is 0 Å². The molecule has 4 rings (SSSR count). The Kier molecular flexibility index (Phi) is 4.64. The average molecular weight is 348 g/mol. The van der Waals surface area contributed by atoms with E-state index in [1.54, 1.807) is 0 Å². The van der Waals surface area contributed by atoms with Gasteiger partial charge in [-0.05, 0) is 76.9 Å². The number of aryl methyl sites for hydroxylation is 2. The zero-order valence-corrected chi connectivity index (χ0v) is 16.2. The van der Waals surface area contributed by atoms with Crippen LogP contribution in [0.2, 0.25) is 0 Å². The first-order valence-electron chi connectivity index (χ1n) is 9.46. The quantitative estimate of drug-likeness (QED) is 0.357. The lowest BCUT2D eigenvalue weighted by Gasteiger charge is -2.14. The third-order valence-electron chi connectivity index (χ3n) is 5.46. The lowest BCUT2D eigenvalue weighted by Crippen LogP contribution is -1.91. The molecule has 0 heteroatoms. The average Bonchev–Trinajstić information content (AvgIpc) is 2.71. The first kappa shape index (κ1) is 17.3. The molecule has 0 saturated carbocycles. The fourth-order valence-corrected chi connectivity index (χ4v) is 3.62. The molecule has 0 aliphatic heterocycles. The molecule has 4 aromatic carbocycles. The highest BCUT2D eigenvalue weighted by Gasteiger charge is 2.09. The SMILES string of the molecule is Cc1ccc(-c2ccc(-c3ccccc3)cc2)cc1-c1cccc(C)c1C. The Morgan fingerprint density at radius 2 is 1.00 bits per heavy atom. The molecule has 0 heterocycles. The van der Waals surface area contributed by atoms with Gasteiger partial charge in [-0.25, -0.2) is 0 Å². The van der Waals surface area contributed by atoms with Gasteiger partial charge in [0.1, 0.15) is 0 Å². The van der Waals surface area contributed by atoms with Gasteiger partial charge in [0.2, 0.25) is 0 Å². The third-order valence-corrected chi connectivity index (χ3v) is 5.46. The van der Waals surface area contributed by atoms with Gasteiger partial charge in [0.05, 0.1) is 0 Å². The van der Waals surface area contributed by atoms with Crippen molar-refractivity contribution in [2.45, 2.75) is 20.8 Å². The van der Waals surface area contributed by atoms with Crippen LogP contribution in [-0.4, -0.2) is 0 Å². The maximum absolute atomic E-state index is 2.33. The largest absolute Gasteiger partial charge is 0.0622 e. The van der Waals surface area contributed by atoms with Crippen molar-refractivity contribution in [2.24, 2.45) is 0 Å². The molecule has 0 saturated heterocycles. The summed E-state index contributed by atoms with van der Waals surface area (Å²) in [6, 6.07) is 32.7. The van der Waals surface area contributed by atoms with Gasteiger partial charge in [0.25, 0.3) is 0 Å². The standard InChI is InChI=1S/C27H24/c1-19-8-7-11-26(21(19)3)27-18-25(13-12-20(27)2)24-16-14-23(15-17-24)22-9-5-4-6-10-22/h4-18H,1-3H3. The Morgan fingerprint density at radius 1 is 0.407 bits per heavy atom. The Bertz CT molecular complexity index is 1070. The fourth-order valence-electron chi connectivity index (χ4n) is 3.62. The second kappa shape index (κ2) is 7.25. The van der Waals surface area contributed by atoms with Crippen molar-refractivity contribution in [3.63, 3.8) is 0 Å². The van der Waals surface area contributed by atoms with Crippen molar-refractivity contribution in [1.29, 1.82) is 0 Å². The first-order chi connectivity index (χ1) is 13.1. The highest BCUT2D eigenvalue weighted by molar-refractivity contribution is 5.78. The molecule has 132 valence electrons. The van der Waals surface area contributed by atoms with E-state index in [0.717, 1.165) is 0 Å². The van der Waals surface area contributed by atoms with Gasteiger partial charge >= 0.3 is 0 Å². The zero-order chi connectivity index (χ0) is 18.8. The molecule has 0 aromatic heterocycles. The molecule has 0 unspecified atom stereocenters. The zero-order valence-electron chi connectivity index (χ0n) is 16.2. The van der Waals surface area contributed by atoms with Gasteiger partial charge in [-0.1, -0.05) is 84.9 Å². The van der Waals surface area contributed by atoms with E-state index in [9.17, 15) is 0 Å². The van der Waals surface area contributed by atoms with Crippen LogP contribution in [0.5, 0.6) is 0 Å². The number of rotatable bonds is 3. The van der Waals surface area contributed by atoms with Crippen molar-refractivity contribution in [2.75, 3.05) is 0 Å². The van der Waals surface area contributed by atoms with Crippen molar-refractivity contribution < 1.29 is 0 Å². The third kappa shape index (κ3) is 3.44. The first-order valence-corrected chi connectivity index (χ1v) is 9.46. The maximum atomic E-state index is 2.33. The van der Waals surface area contributed by atoms with Gasteiger partial charge in [-0.15, -0.1) is 0 Å². The van der Waals surface area contributed by atoms with Crippen LogP contribution in [0.1, 0.15) is 16.7 Å². The van der Waals surface area contributed by atoms with Crippen LogP contribution < -0.4 is 0 Å². The van der Waals surface area contributed by atoms with Crippen LogP contribution in [0.3, 0.4) is 0 Å². The van der Waals surface area contributed by atoms with Gasteiger partial charge in [0.15, 0.2) is 0 Å². The van der Waals surface area contributed by atoms with E-state index in [2.05, 4.69) is 112 Å². The summed E-state index contributed by atoms with van der Waals surface area (Å²) in [7, 11) is 0. The summed E-state index contributed by atoms with van der Waals surface area (Å²) in [6.45, 7) is 6.59. The van der Waals surface area contributed by atoms with Crippen LogP contribution in [0.25, 0.3) is 33.4 Å². The predicted molar refractivity (Wildman–Crippen MR) is 117 cm³/mol. The van der Waals surface area contributed by atoms with Gasteiger partial charge in [0, 0.05) is 0 Å². The van der Waals surface area contributed by atoms with Crippen molar-refractivity contribution in [3.8, 4) is 33.4 Å². The number of hydrogen-bond donors (Lipinski definition) is 0. The van der Waals surface area contributed by atoms with Gasteiger partial charge < -0.3 is 0 Å².